The van der Waals surface area contributed by atoms with Crippen molar-refractivity contribution < 1.29 is 14.3 Å². The maximum absolute atomic E-state index is 11.9. The van der Waals surface area contributed by atoms with Crippen LogP contribution in [0.25, 0.3) is 0 Å². The molecular weight excluding hydrogens is 346 g/mol. The van der Waals surface area contributed by atoms with Gasteiger partial charge in [0.05, 0.1) is 11.6 Å². The molecule has 125 valence electrons. The molecule has 1 N–H and O–H groups in total. The quantitative estimate of drug-likeness (QED) is 0.767. The highest BCUT2D eigenvalue weighted by Gasteiger charge is 2.17. The van der Waals surface area contributed by atoms with Gasteiger partial charge in [0.15, 0.2) is 11.5 Å². The van der Waals surface area contributed by atoms with E-state index in [1.165, 1.54) is 0 Å². The van der Waals surface area contributed by atoms with Crippen molar-refractivity contribution in [2.45, 2.75) is 24.5 Å². The van der Waals surface area contributed by atoms with Gasteiger partial charge in [-0.2, -0.15) is 0 Å². The summed E-state index contributed by atoms with van der Waals surface area (Å²) < 4.78 is 10.7. The first kappa shape index (κ1) is 17.0. The van der Waals surface area contributed by atoms with Crippen LogP contribution in [-0.2, 0) is 10.5 Å². The first-order valence-corrected chi connectivity index (χ1v) is 8.82. The summed E-state index contributed by atoms with van der Waals surface area (Å²) >= 11 is 7.93. The number of fused-ring (bicyclic) bond motifs is 1. The number of carbonyl (C=O) groups excluding carboxylic acids is 1. The number of carbonyl (C=O) groups is 1. The van der Waals surface area contributed by atoms with Crippen molar-refractivity contribution in [2.75, 3.05) is 12.1 Å². The predicted octanol–water partition coefficient (Wildman–Crippen LogP) is 4.91. The molecule has 2 aromatic rings. The standard InChI is InChI=1S/C18H17ClNO3S/c1-11(2)18(21)20-14-5-3-4-6-17(14)24-9-12-7-15-16(8-13(12)19)23-10-22-15/h3-8H,9-10H2,1-2H3,(H,20,21). The van der Waals surface area contributed by atoms with Gasteiger partial charge in [-0.1, -0.05) is 23.7 Å². The van der Waals surface area contributed by atoms with Gasteiger partial charge in [0.25, 0.3) is 0 Å². The molecule has 1 amide bonds. The Balaban J connectivity index is 1.74. The minimum Gasteiger partial charge on any atom is -0.454 e. The van der Waals surface area contributed by atoms with Gasteiger partial charge in [0.2, 0.25) is 12.7 Å². The van der Waals surface area contributed by atoms with Crippen molar-refractivity contribution >= 4 is 35.0 Å². The maximum Gasteiger partial charge on any atom is 0.231 e. The number of hydrogen-bond donors (Lipinski definition) is 1. The van der Waals surface area contributed by atoms with Crippen LogP contribution in [0.1, 0.15) is 19.4 Å². The number of ether oxygens (including phenoxy) is 2. The largest absolute Gasteiger partial charge is 0.454 e. The van der Waals surface area contributed by atoms with Crippen molar-refractivity contribution in [2.24, 2.45) is 0 Å². The number of thioether (sulfide) groups is 1. The third kappa shape index (κ3) is 3.79. The number of halogens is 1. The van der Waals surface area contributed by atoms with E-state index in [0.717, 1.165) is 16.1 Å². The molecule has 0 bridgehead atoms. The Bertz CT molecular complexity index is 764. The molecule has 0 unspecified atom stereocenters. The van der Waals surface area contributed by atoms with Gasteiger partial charge in [0.1, 0.15) is 0 Å². The molecule has 3 rings (SSSR count). The van der Waals surface area contributed by atoms with Crippen molar-refractivity contribution in [3.8, 4) is 11.5 Å². The fourth-order valence-corrected chi connectivity index (χ4v) is 3.47. The van der Waals surface area contributed by atoms with Crippen molar-refractivity contribution in [3.63, 3.8) is 0 Å². The van der Waals surface area contributed by atoms with E-state index in [9.17, 15) is 4.79 Å². The number of para-hydroxylation sites is 1. The van der Waals surface area contributed by atoms with Gasteiger partial charge in [-0.15, -0.1) is 11.8 Å². The first-order chi connectivity index (χ1) is 11.5. The summed E-state index contributed by atoms with van der Waals surface area (Å²) in [6, 6.07) is 11.4. The first-order valence-electron chi connectivity index (χ1n) is 7.46. The molecule has 4 nitrogen and oxygen atoms in total. The molecule has 1 aliphatic rings. The summed E-state index contributed by atoms with van der Waals surface area (Å²) in [7, 11) is 0. The van der Waals surface area contributed by atoms with Gasteiger partial charge >= 0.3 is 0 Å². The molecule has 0 aromatic heterocycles. The zero-order chi connectivity index (χ0) is 17.1. The molecule has 0 aliphatic carbocycles. The number of anilines is 1. The Morgan fingerprint density at radius 1 is 1.21 bits per heavy atom. The smallest absolute Gasteiger partial charge is 0.231 e. The van der Waals surface area contributed by atoms with Crippen LogP contribution in [0.4, 0.5) is 5.69 Å². The Labute approximate surface area is 150 Å². The minimum absolute atomic E-state index is 0.0795. The molecule has 0 fully saturated rings. The Kier molecular flexibility index (Phi) is 5.21. The van der Waals surface area contributed by atoms with Crippen LogP contribution in [0.3, 0.4) is 0 Å². The van der Waals surface area contributed by atoms with E-state index >= 15 is 0 Å². The SMILES string of the molecule is C[C](C)C(=O)Nc1ccccc1SCc1cc2c(cc1Cl)OCO2. The molecule has 0 atom stereocenters. The lowest BCUT2D eigenvalue weighted by atomic mass is 10.2. The van der Waals surface area contributed by atoms with Crippen LogP contribution in [0.2, 0.25) is 5.02 Å². The maximum atomic E-state index is 11.9. The number of hydrogen-bond acceptors (Lipinski definition) is 4. The number of nitrogens with one attached hydrogen (secondary N) is 1. The van der Waals surface area contributed by atoms with E-state index < -0.39 is 0 Å². The second-order valence-electron chi connectivity index (χ2n) is 5.54. The van der Waals surface area contributed by atoms with Gasteiger partial charge in [-0.05, 0) is 37.6 Å². The summed E-state index contributed by atoms with van der Waals surface area (Å²) in [4.78, 5) is 12.9. The van der Waals surface area contributed by atoms with Crippen LogP contribution in [-0.4, -0.2) is 12.7 Å². The Morgan fingerprint density at radius 2 is 1.92 bits per heavy atom. The topological polar surface area (TPSA) is 47.6 Å². The average Bonchev–Trinajstić information content (AvgIpc) is 3.00. The van der Waals surface area contributed by atoms with Gasteiger partial charge in [-0.25, -0.2) is 0 Å². The molecule has 24 heavy (non-hydrogen) atoms. The minimum atomic E-state index is -0.0795. The molecule has 0 saturated heterocycles. The molecular formula is C18H17ClNO3S. The zero-order valence-corrected chi connectivity index (χ0v) is 15.0. The third-order valence-corrected chi connectivity index (χ3v) is 4.99. The fourth-order valence-electron chi connectivity index (χ4n) is 2.17. The third-order valence-electron chi connectivity index (χ3n) is 3.51. The van der Waals surface area contributed by atoms with Gasteiger partial charge < -0.3 is 14.8 Å². The molecule has 0 saturated carbocycles. The summed E-state index contributed by atoms with van der Waals surface area (Å²) in [6.07, 6.45) is 0. The molecule has 0 spiro atoms. The summed E-state index contributed by atoms with van der Waals surface area (Å²) in [5.41, 5.74) is 1.76. The van der Waals surface area contributed by atoms with Crippen LogP contribution in [0.15, 0.2) is 41.3 Å². The second kappa shape index (κ2) is 7.36. The summed E-state index contributed by atoms with van der Waals surface area (Å²) in [5, 5.41) is 3.57. The van der Waals surface area contributed by atoms with Crippen LogP contribution >= 0.6 is 23.4 Å². The fraction of sp³-hybridized carbons (Fsp3) is 0.222. The lowest BCUT2D eigenvalue weighted by Gasteiger charge is -2.12. The van der Waals surface area contributed by atoms with Crippen LogP contribution < -0.4 is 14.8 Å². The highest BCUT2D eigenvalue weighted by molar-refractivity contribution is 7.98. The lowest BCUT2D eigenvalue weighted by molar-refractivity contribution is -0.114. The summed E-state index contributed by atoms with van der Waals surface area (Å²) in [5.74, 6) is 2.69. The van der Waals surface area contributed by atoms with Gasteiger partial charge in [-0.3, -0.25) is 4.79 Å². The summed E-state index contributed by atoms with van der Waals surface area (Å²) in [6.45, 7) is 3.80. The van der Waals surface area contributed by atoms with E-state index in [1.54, 1.807) is 31.7 Å². The molecule has 1 heterocycles. The highest BCUT2D eigenvalue weighted by Crippen LogP contribution is 2.39. The molecule has 1 radical (unpaired) electrons. The molecule has 1 aliphatic heterocycles. The van der Waals surface area contributed by atoms with Crippen LogP contribution in [0, 0.1) is 5.92 Å². The zero-order valence-electron chi connectivity index (χ0n) is 13.4. The Morgan fingerprint density at radius 3 is 2.67 bits per heavy atom. The van der Waals surface area contributed by atoms with Crippen molar-refractivity contribution in [1.82, 2.24) is 0 Å². The Hall–Kier alpha value is -1.85. The second-order valence-corrected chi connectivity index (χ2v) is 6.96. The molecule has 2 aromatic carbocycles. The highest BCUT2D eigenvalue weighted by atomic mass is 35.5. The van der Waals surface area contributed by atoms with Gasteiger partial charge in [0, 0.05) is 21.7 Å². The number of rotatable bonds is 5. The van der Waals surface area contributed by atoms with Crippen molar-refractivity contribution in [3.05, 3.63) is 52.9 Å². The van der Waals surface area contributed by atoms with E-state index in [2.05, 4.69) is 5.32 Å². The van der Waals surface area contributed by atoms with E-state index in [4.69, 9.17) is 21.1 Å². The average molecular weight is 363 g/mol. The van der Waals surface area contributed by atoms with Crippen molar-refractivity contribution in [1.29, 1.82) is 0 Å². The number of amides is 1. The lowest BCUT2D eigenvalue weighted by Crippen LogP contribution is -2.16. The van der Waals surface area contributed by atoms with Crippen LogP contribution in [0.5, 0.6) is 11.5 Å². The van der Waals surface area contributed by atoms with E-state index in [-0.39, 0.29) is 12.7 Å². The normalized spacial score (nSPS) is 12.5. The monoisotopic (exact) mass is 362 g/mol. The van der Waals surface area contributed by atoms with E-state index in [0.29, 0.717) is 28.2 Å². The predicted molar refractivity (Wildman–Crippen MR) is 96.8 cm³/mol. The number of benzene rings is 2. The van der Waals surface area contributed by atoms with E-state index in [1.807, 2.05) is 30.3 Å². The molecule has 6 heteroatoms.